The molecule has 0 rings (SSSR count). The summed E-state index contributed by atoms with van der Waals surface area (Å²) in [7, 11) is 0. The van der Waals surface area contributed by atoms with Gasteiger partial charge in [-0.25, -0.2) is 0 Å². The summed E-state index contributed by atoms with van der Waals surface area (Å²) in [6, 6.07) is 0. The molecule has 0 aromatic rings. The Hall–Kier alpha value is -0.260. The largest absolute Gasteiger partial charge is 0.100 e. The maximum absolute atomic E-state index is 3.56. The first-order valence-electron chi connectivity index (χ1n) is 6.04. The monoisotopic (exact) mass is 198 g/mol. The summed E-state index contributed by atoms with van der Waals surface area (Å²) in [5.74, 6) is 0. The average molecular weight is 198 g/mol. The second-order valence-corrected chi connectivity index (χ2v) is 4.87. The van der Waals surface area contributed by atoms with E-state index in [1.807, 2.05) is 13.8 Å². The SMILES string of the molecule is C=C(C)C.CCCC(C)(CC)CCC. The molecule has 0 N–H and O–H groups in total. The smallest absolute Gasteiger partial charge is 0.0329 e. The van der Waals surface area contributed by atoms with Gasteiger partial charge in [0.2, 0.25) is 0 Å². The number of rotatable bonds is 5. The number of allylic oxidation sites excluding steroid dienone is 1. The summed E-state index contributed by atoms with van der Waals surface area (Å²) < 4.78 is 0. The Morgan fingerprint density at radius 1 is 1.00 bits per heavy atom. The Bertz CT molecular complexity index is 123. The highest BCUT2D eigenvalue weighted by Crippen LogP contribution is 2.32. The van der Waals surface area contributed by atoms with Gasteiger partial charge in [-0.05, 0) is 32.1 Å². The van der Waals surface area contributed by atoms with Crippen LogP contribution in [0.4, 0.5) is 0 Å². The quantitative estimate of drug-likeness (QED) is 0.505. The molecule has 0 saturated heterocycles. The molecule has 0 heteroatoms. The van der Waals surface area contributed by atoms with Crippen molar-refractivity contribution in [3.05, 3.63) is 12.2 Å². The molecule has 0 heterocycles. The highest BCUT2D eigenvalue weighted by molar-refractivity contribution is 4.78. The van der Waals surface area contributed by atoms with Crippen molar-refractivity contribution in [1.29, 1.82) is 0 Å². The molecule has 0 amide bonds. The van der Waals surface area contributed by atoms with E-state index >= 15 is 0 Å². The maximum Gasteiger partial charge on any atom is -0.0329 e. The average Bonchev–Trinajstić information content (AvgIpc) is 2.04. The van der Waals surface area contributed by atoms with Crippen molar-refractivity contribution >= 4 is 0 Å². The van der Waals surface area contributed by atoms with Gasteiger partial charge in [-0.15, -0.1) is 6.58 Å². The molecule has 0 aliphatic rings. The Morgan fingerprint density at radius 3 is 1.43 bits per heavy atom. The van der Waals surface area contributed by atoms with Crippen molar-refractivity contribution in [2.24, 2.45) is 5.41 Å². The topological polar surface area (TPSA) is 0 Å². The molecule has 0 spiro atoms. The lowest BCUT2D eigenvalue weighted by molar-refractivity contribution is 0.255. The predicted octanol–water partition coefficient (Wildman–Crippen LogP) is 5.59. The van der Waals surface area contributed by atoms with Crippen molar-refractivity contribution in [2.45, 2.75) is 73.6 Å². The third-order valence-corrected chi connectivity index (χ3v) is 2.56. The van der Waals surface area contributed by atoms with Gasteiger partial charge in [0.05, 0.1) is 0 Å². The summed E-state index contributed by atoms with van der Waals surface area (Å²) in [4.78, 5) is 0. The van der Waals surface area contributed by atoms with Gasteiger partial charge in [-0.3, -0.25) is 0 Å². The zero-order valence-corrected chi connectivity index (χ0v) is 11.2. The van der Waals surface area contributed by atoms with Gasteiger partial charge in [0, 0.05) is 0 Å². The minimum atomic E-state index is 0.642. The highest BCUT2D eigenvalue weighted by atomic mass is 14.2. The van der Waals surface area contributed by atoms with Gasteiger partial charge in [0.25, 0.3) is 0 Å². The molecule has 0 aromatic heterocycles. The molecule has 0 bridgehead atoms. The van der Waals surface area contributed by atoms with Crippen LogP contribution >= 0.6 is 0 Å². The zero-order chi connectivity index (χ0) is 11.6. The lowest BCUT2D eigenvalue weighted by atomic mass is 9.79. The first kappa shape index (κ1) is 16.2. The molecule has 0 aliphatic heterocycles. The molecular formula is C14H30. The van der Waals surface area contributed by atoms with E-state index in [0.717, 1.165) is 0 Å². The van der Waals surface area contributed by atoms with E-state index in [4.69, 9.17) is 0 Å². The van der Waals surface area contributed by atoms with Gasteiger partial charge in [0.15, 0.2) is 0 Å². The normalized spacial score (nSPS) is 10.4. The van der Waals surface area contributed by atoms with E-state index in [9.17, 15) is 0 Å². The number of hydrogen-bond acceptors (Lipinski definition) is 0. The minimum absolute atomic E-state index is 0.642. The molecule has 0 atom stereocenters. The Morgan fingerprint density at radius 2 is 1.29 bits per heavy atom. The summed E-state index contributed by atoms with van der Waals surface area (Å²) in [5.41, 5.74) is 1.81. The van der Waals surface area contributed by atoms with Crippen LogP contribution < -0.4 is 0 Å². The van der Waals surface area contributed by atoms with Crippen LogP contribution in [0.5, 0.6) is 0 Å². The molecule has 0 unspecified atom stereocenters. The van der Waals surface area contributed by atoms with Crippen molar-refractivity contribution in [2.75, 3.05) is 0 Å². The predicted molar refractivity (Wildman–Crippen MR) is 68.7 cm³/mol. The third-order valence-electron chi connectivity index (χ3n) is 2.56. The Labute approximate surface area is 91.8 Å². The molecule has 14 heavy (non-hydrogen) atoms. The van der Waals surface area contributed by atoms with Crippen LogP contribution in [0.1, 0.15) is 73.6 Å². The first-order valence-corrected chi connectivity index (χ1v) is 6.04. The van der Waals surface area contributed by atoms with E-state index in [2.05, 4.69) is 34.3 Å². The summed E-state index contributed by atoms with van der Waals surface area (Å²) >= 11 is 0. The summed E-state index contributed by atoms with van der Waals surface area (Å²) in [6.07, 6.45) is 6.82. The molecule has 0 aliphatic carbocycles. The van der Waals surface area contributed by atoms with Gasteiger partial charge in [-0.1, -0.05) is 52.5 Å². The Balaban J connectivity index is 0. The third kappa shape index (κ3) is 11.7. The van der Waals surface area contributed by atoms with Gasteiger partial charge < -0.3 is 0 Å². The molecule has 0 fully saturated rings. The highest BCUT2D eigenvalue weighted by Gasteiger charge is 2.18. The fourth-order valence-electron chi connectivity index (χ4n) is 1.69. The zero-order valence-electron chi connectivity index (χ0n) is 11.2. The van der Waals surface area contributed by atoms with E-state index < -0.39 is 0 Å². The van der Waals surface area contributed by atoms with E-state index in [0.29, 0.717) is 5.41 Å². The van der Waals surface area contributed by atoms with Crippen LogP contribution in [-0.4, -0.2) is 0 Å². The molecule has 0 saturated carbocycles. The minimum Gasteiger partial charge on any atom is -0.100 e. The van der Waals surface area contributed by atoms with Gasteiger partial charge >= 0.3 is 0 Å². The van der Waals surface area contributed by atoms with Crippen LogP contribution in [0.3, 0.4) is 0 Å². The van der Waals surface area contributed by atoms with Gasteiger partial charge in [-0.2, -0.15) is 0 Å². The fourth-order valence-corrected chi connectivity index (χ4v) is 1.69. The van der Waals surface area contributed by atoms with E-state index in [1.54, 1.807) is 0 Å². The lowest BCUT2D eigenvalue weighted by Gasteiger charge is -2.27. The van der Waals surface area contributed by atoms with E-state index in [1.165, 1.54) is 37.7 Å². The summed E-state index contributed by atoms with van der Waals surface area (Å²) in [5, 5.41) is 0. The summed E-state index contributed by atoms with van der Waals surface area (Å²) in [6.45, 7) is 16.8. The van der Waals surface area contributed by atoms with Crippen LogP contribution in [0.25, 0.3) is 0 Å². The lowest BCUT2D eigenvalue weighted by Crippen LogP contribution is -2.13. The number of hydrogen-bond donors (Lipinski definition) is 0. The van der Waals surface area contributed by atoms with E-state index in [-0.39, 0.29) is 0 Å². The molecule has 0 radical (unpaired) electrons. The van der Waals surface area contributed by atoms with Crippen molar-refractivity contribution in [1.82, 2.24) is 0 Å². The molecule has 86 valence electrons. The second kappa shape index (κ2) is 9.30. The fraction of sp³-hybridized carbons (Fsp3) is 0.857. The van der Waals surface area contributed by atoms with Crippen LogP contribution in [0.2, 0.25) is 0 Å². The van der Waals surface area contributed by atoms with Gasteiger partial charge in [0.1, 0.15) is 0 Å². The van der Waals surface area contributed by atoms with Crippen LogP contribution in [0, 0.1) is 5.41 Å². The van der Waals surface area contributed by atoms with Crippen LogP contribution in [-0.2, 0) is 0 Å². The van der Waals surface area contributed by atoms with Crippen LogP contribution in [0.15, 0.2) is 12.2 Å². The second-order valence-electron chi connectivity index (χ2n) is 4.87. The maximum atomic E-state index is 3.56. The van der Waals surface area contributed by atoms with Crippen molar-refractivity contribution in [3.63, 3.8) is 0 Å². The first-order chi connectivity index (χ1) is 6.41. The standard InChI is InChI=1S/C10H22.C4H8/c1-5-8-10(4,7-3)9-6-2;1-4(2)3/h5-9H2,1-4H3;1H2,2-3H3. The van der Waals surface area contributed by atoms with Crippen molar-refractivity contribution in [3.8, 4) is 0 Å². The molecular weight excluding hydrogens is 168 g/mol. The molecule has 0 nitrogen and oxygen atoms in total. The molecule has 0 aromatic carbocycles. The Kier molecular flexibility index (Phi) is 10.7. The van der Waals surface area contributed by atoms with Crippen molar-refractivity contribution < 1.29 is 0 Å².